The molecule has 21 heavy (non-hydrogen) atoms. The van der Waals surface area contributed by atoms with E-state index in [-0.39, 0.29) is 6.04 Å². The van der Waals surface area contributed by atoms with E-state index in [0.717, 1.165) is 17.3 Å². The van der Waals surface area contributed by atoms with E-state index >= 15 is 0 Å². The molecule has 4 nitrogen and oxygen atoms in total. The summed E-state index contributed by atoms with van der Waals surface area (Å²) in [6, 6.07) is 2.80. The summed E-state index contributed by atoms with van der Waals surface area (Å²) in [7, 11) is 0. The summed E-state index contributed by atoms with van der Waals surface area (Å²) in [5.41, 5.74) is 4.33. The van der Waals surface area contributed by atoms with Crippen molar-refractivity contribution in [2.45, 2.75) is 66.5 Å². The lowest BCUT2D eigenvalue weighted by Gasteiger charge is -2.27. The Kier molecular flexibility index (Phi) is 4.99. The molecule has 0 radical (unpaired) electrons. The van der Waals surface area contributed by atoms with Crippen molar-refractivity contribution in [3.63, 3.8) is 0 Å². The molecular weight excluding hydrogens is 260 g/mol. The fraction of sp³-hybridized carbons (Fsp3) is 0.647. The van der Waals surface area contributed by atoms with Crippen LogP contribution in [0.3, 0.4) is 0 Å². The van der Waals surface area contributed by atoms with E-state index < -0.39 is 0 Å². The highest BCUT2D eigenvalue weighted by Gasteiger charge is 2.19. The third-order valence-electron chi connectivity index (χ3n) is 4.62. The summed E-state index contributed by atoms with van der Waals surface area (Å²) in [6.07, 6.45) is 4.42. The molecule has 4 heteroatoms. The zero-order valence-corrected chi connectivity index (χ0v) is 14.1. The summed E-state index contributed by atoms with van der Waals surface area (Å²) < 4.78 is 1.95. The van der Waals surface area contributed by atoms with E-state index in [0.29, 0.717) is 6.04 Å². The molecule has 2 aromatic rings. The van der Waals surface area contributed by atoms with E-state index in [2.05, 4.69) is 50.0 Å². The number of nitrogens with zero attached hydrogens (tertiary/aromatic N) is 3. The molecule has 0 aliphatic carbocycles. The first-order valence-corrected chi connectivity index (χ1v) is 8.05. The molecule has 2 rings (SSSR count). The first-order chi connectivity index (χ1) is 9.97. The SMILES string of the molecule is CCC(CC)C(C)NC(C)c1cnc2cc(C)nn2c1C. The van der Waals surface area contributed by atoms with Gasteiger partial charge >= 0.3 is 0 Å². The van der Waals surface area contributed by atoms with Gasteiger partial charge in [0.25, 0.3) is 0 Å². The molecule has 0 amide bonds. The van der Waals surface area contributed by atoms with Crippen molar-refractivity contribution in [2.24, 2.45) is 5.92 Å². The molecule has 116 valence electrons. The lowest BCUT2D eigenvalue weighted by molar-refractivity contribution is 0.329. The predicted molar refractivity (Wildman–Crippen MR) is 87.5 cm³/mol. The number of fused-ring (bicyclic) bond motifs is 1. The van der Waals surface area contributed by atoms with Gasteiger partial charge in [-0.1, -0.05) is 26.7 Å². The molecule has 2 atom stereocenters. The molecule has 0 aliphatic heterocycles. The lowest BCUT2D eigenvalue weighted by Crippen LogP contribution is -2.35. The number of nitrogens with one attached hydrogen (secondary N) is 1. The Bertz CT molecular complexity index is 598. The minimum Gasteiger partial charge on any atom is -0.307 e. The van der Waals surface area contributed by atoms with Crippen LogP contribution in [-0.2, 0) is 0 Å². The summed E-state index contributed by atoms with van der Waals surface area (Å²) in [5, 5.41) is 8.26. The van der Waals surface area contributed by atoms with Gasteiger partial charge < -0.3 is 5.32 Å². The Hall–Kier alpha value is -1.42. The van der Waals surface area contributed by atoms with Gasteiger partial charge in [0.05, 0.1) is 5.69 Å². The van der Waals surface area contributed by atoms with Crippen LogP contribution >= 0.6 is 0 Å². The van der Waals surface area contributed by atoms with Crippen molar-refractivity contribution in [3.05, 3.63) is 29.2 Å². The Morgan fingerprint density at radius 3 is 2.48 bits per heavy atom. The first kappa shape index (κ1) is 16.0. The van der Waals surface area contributed by atoms with Crippen molar-refractivity contribution in [1.29, 1.82) is 0 Å². The molecule has 0 saturated carbocycles. The molecule has 0 bridgehead atoms. The zero-order chi connectivity index (χ0) is 15.6. The van der Waals surface area contributed by atoms with Crippen molar-refractivity contribution < 1.29 is 0 Å². The second kappa shape index (κ2) is 6.56. The van der Waals surface area contributed by atoms with E-state index in [4.69, 9.17) is 0 Å². The van der Waals surface area contributed by atoms with Crippen LogP contribution < -0.4 is 5.32 Å². The van der Waals surface area contributed by atoms with Crippen molar-refractivity contribution in [2.75, 3.05) is 0 Å². The standard InChI is InChI=1S/C17H28N4/c1-7-15(8-2)12(4)19-13(5)16-10-18-17-9-11(3)20-21(17)14(16)6/h9-10,12-13,15,19H,7-8H2,1-6H3. The van der Waals surface area contributed by atoms with Gasteiger partial charge in [-0.25, -0.2) is 9.50 Å². The Morgan fingerprint density at radius 2 is 1.86 bits per heavy atom. The maximum absolute atomic E-state index is 4.54. The number of aryl methyl sites for hydroxylation is 2. The van der Waals surface area contributed by atoms with Gasteiger partial charge in [-0.05, 0) is 33.6 Å². The molecular formula is C17H28N4. The quantitative estimate of drug-likeness (QED) is 0.878. The maximum Gasteiger partial charge on any atom is 0.155 e. The van der Waals surface area contributed by atoms with Crippen LogP contribution in [0.2, 0.25) is 0 Å². The second-order valence-corrected chi connectivity index (χ2v) is 6.11. The van der Waals surface area contributed by atoms with E-state index in [9.17, 15) is 0 Å². The minimum absolute atomic E-state index is 0.280. The molecule has 2 aromatic heterocycles. The third-order valence-corrected chi connectivity index (χ3v) is 4.62. The van der Waals surface area contributed by atoms with Crippen LogP contribution in [0.5, 0.6) is 0 Å². The lowest BCUT2D eigenvalue weighted by atomic mass is 9.94. The molecule has 0 aromatic carbocycles. The monoisotopic (exact) mass is 288 g/mol. The highest BCUT2D eigenvalue weighted by molar-refractivity contribution is 5.42. The van der Waals surface area contributed by atoms with E-state index in [1.54, 1.807) is 0 Å². The van der Waals surface area contributed by atoms with Gasteiger partial charge in [-0.15, -0.1) is 0 Å². The van der Waals surface area contributed by atoms with Crippen LogP contribution in [0.25, 0.3) is 5.65 Å². The summed E-state index contributed by atoms with van der Waals surface area (Å²) in [5.74, 6) is 0.719. The number of hydrogen-bond donors (Lipinski definition) is 1. The van der Waals surface area contributed by atoms with Crippen molar-refractivity contribution in [3.8, 4) is 0 Å². The minimum atomic E-state index is 0.280. The van der Waals surface area contributed by atoms with Gasteiger partial charge in [-0.2, -0.15) is 5.10 Å². The third kappa shape index (κ3) is 3.26. The fourth-order valence-corrected chi connectivity index (χ4v) is 3.22. The summed E-state index contributed by atoms with van der Waals surface area (Å²) in [4.78, 5) is 4.54. The molecule has 1 N–H and O–H groups in total. The van der Waals surface area contributed by atoms with Crippen molar-refractivity contribution in [1.82, 2.24) is 19.9 Å². The average Bonchev–Trinajstić information content (AvgIpc) is 2.82. The van der Waals surface area contributed by atoms with Crippen LogP contribution in [-0.4, -0.2) is 20.6 Å². The fourth-order valence-electron chi connectivity index (χ4n) is 3.22. The molecule has 2 heterocycles. The van der Waals surface area contributed by atoms with E-state index in [1.165, 1.54) is 24.1 Å². The van der Waals surface area contributed by atoms with Crippen LogP contribution in [0.4, 0.5) is 0 Å². The summed E-state index contributed by atoms with van der Waals surface area (Å²) >= 11 is 0. The molecule has 0 spiro atoms. The second-order valence-electron chi connectivity index (χ2n) is 6.11. The highest BCUT2D eigenvalue weighted by atomic mass is 15.3. The molecule has 0 fully saturated rings. The molecule has 2 unspecified atom stereocenters. The van der Waals surface area contributed by atoms with Crippen LogP contribution in [0.1, 0.15) is 63.5 Å². The number of rotatable bonds is 6. The Morgan fingerprint density at radius 1 is 1.19 bits per heavy atom. The van der Waals surface area contributed by atoms with Crippen LogP contribution in [0.15, 0.2) is 12.3 Å². The normalized spacial score (nSPS) is 14.8. The van der Waals surface area contributed by atoms with E-state index in [1.807, 2.05) is 23.7 Å². The number of aromatic nitrogens is 3. The smallest absolute Gasteiger partial charge is 0.155 e. The average molecular weight is 288 g/mol. The first-order valence-electron chi connectivity index (χ1n) is 8.05. The number of hydrogen-bond acceptors (Lipinski definition) is 3. The molecule has 0 saturated heterocycles. The Labute approximate surface area is 128 Å². The van der Waals surface area contributed by atoms with Gasteiger partial charge in [0.2, 0.25) is 0 Å². The highest BCUT2D eigenvalue weighted by Crippen LogP contribution is 2.21. The summed E-state index contributed by atoms with van der Waals surface area (Å²) in [6.45, 7) is 13.2. The predicted octanol–water partition coefficient (Wildman–Crippen LogP) is 3.82. The molecule has 0 aliphatic rings. The van der Waals surface area contributed by atoms with Gasteiger partial charge in [0.1, 0.15) is 0 Å². The zero-order valence-electron chi connectivity index (χ0n) is 14.1. The Balaban J connectivity index is 2.23. The van der Waals surface area contributed by atoms with Gasteiger partial charge in [0.15, 0.2) is 5.65 Å². The largest absolute Gasteiger partial charge is 0.307 e. The maximum atomic E-state index is 4.54. The topological polar surface area (TPSA) is 42.2 Å². The van der Waals surface area contributed by atoms with Crippen molar-refractivity contribution >= 4 is 5.65 Å². The van der Waals surface area contributed by atoms with Gasteiger partial charge in [-0.3, -0.25) is 0 Å². The van der Waals surface area contributed by atoms with Gasteiger partial charge in [0, 0.05) is 35.6 Å². The van der Waals surface area contributed by atoms with Crippen LogP contribution in [0, 0.1) is 19.8 Å².